The molecule has 4 nitrogen and oxygen atoms in total. The average molecular weight is 451 g/mol. The first-order valence-corrected chi connectivity index (χ1v) is 7.45. The average Bonchev–Trinajstić information content (AvgIpc) is 2.37. The summed E-state index contributed by atoms with van der Waals surface area (Å²) in [4.78, 5) is 10.4. The standard InChI is InChI=1S/C13H9BrFIN2O2/c14-9-3-8(4-11(5-9)18(19)20)7-17-13-2-1-10(15)6-12(13)16/h1-6,17H,7H2. The molecule has 2 aromatic carbocycles. The summed E-state index contributed by atoms with van der Waals surface area (Å²) in [6.45, 7) is 0.419. The second kappa shape index (κ2) is 6.49. The summed E-state index contributed by atoms with van der Waals surface area (Å²) in [5.74, 6) is -0.293. The Labute approximate surface area is 136 Å². The van der Waals surface area contributed by atoms with Gasteiger partial charge in [0.15, 0.2) is 0 Å². The van der Waals surface area contributed by atoms with Gasteiger partial charge in [-0.15, -0.1) is 0 Å². The van der Waals surface area contributed by atoms with Gasteiger partial charge in [0.05, 0.1) is 4.92 Å². The first kappa shape index (κ1) is 15.2. The van der Waals surface area contributed by atoms with Crippen molar-refractivity contribution < 1.29 is 9.31 Å². The maximum Gasteiger partial charge on any atom is 0.270 e. The third-order valence-electron chi connectivity index (χ3n) is 2.57. The highest BCUT2D eigenvalue weighted by Crippen LogP contribution is 2.23. The molecule has 0 heterocycles. The Morgan fingerprint density at radius 2 is 2.05 bits per heavy atom. The molecular formula is C13H9BrFIN2O2. The molecule has 7 heteroatoms. The largest absolute Gasteiger partial charge is 0.380 e. The molecule has 0 aliphatic carbocycles. The highest BCUT2D eigenvalue weighted by molar-refractivity contribution is 14.1. The molecule has 0 aromatic heterocycles. The monoisotopic (exact) mass is 450 g/mol. The number of non-ortho nitro benzene ring substituents is 1. The van der Waals surface area contributed by atoms with Crippen molar-refractivity contribution in [3.63, 3.8) is 0 Å². The topological polar surface area (TPSA) is 55.2 Å². The minimum atomic E-state index is -0.435. The van der Waals surface area contributed by atoms with Crippen LogP contribution in [0.25, 0.3) is 0 Å². The maximum absolute atomic E-state index is 13.0. The first-order chi connectivity index (χ1) is 9.45. The lowest BCUT2D eigenvalue weighted by Gasteiger charge is -2.09. The third-order valence-corrected chi connectivity index (χ3v) is 3.92. The summed E-state index contributed by atoms with van der Waals surface area (Å²) in [6.07, 6.45) is 0. The Morgan fingerprint density at radius 3 is 2.70 bits per heavy atom. The maximum atomic E-state index is 13.0. The second-order valence-electron chi connectivity index (χ2n) is 4.05. The van der Waals surface area contributed by atoms with E-state index in [1.54, 1.807) is 12.1 Å². The minimum absolute atomic E-state index is 0.0324. The number of nitrogens with one attached hydrogen (secondary N) is 1. The van der Waals surface area contributed by atoms with Crippen molar-refractivity contribution >= 4 is 49.9 Å². The predicted octanol–water partition coefficient (Wildman–Crippen LogP) is 4.71. The van der Waals surface area contributed by atoms with Crippen LogP contribution in [0.15, 0.2) is 40.9 Å². The highest BCUT2D eigenvalue weighted by Gasteiger charge is 2.09. The smallest absolute Gasteiger partial charge is 0.270 e. The fourth-order valence-corrected chi connectivity index (χ4v) is 2.87. The number of rotatable bonds is 4. The Hall–Kier alpha value is -1.22. The van der Waals surface area contributed by atoms with Crippen LogP contribution in [0.5, 0.6) is 0 Å². The van der Waals surface area contributed by atoms with E-state index in [9.17, 15) is 14.5 Å². The number of halogens is 3. The number of benzene rings is 2. The number of nitro groups is 1. The summed E-state index contributed by atoms with van der Waals surface area (Å²) in [6, 6.07) is 9.19. The lowest BCUT2D eigenvalue weighted by molar-refractivity contribution is -0.385. The molecule has 20 heavy (non-hydrogen) atoms. The van der Waals surface area contributed by atoms with Crippen molar-refractivity contribution in [3.05, 3.63) is 65.9 Å². The first-order valence-electron chi connectivity index (χ1n) is 5.58. The van der Waals surface area contributed by atoms with Crippen LogP contribution in [-0.2, 0) is 6.54 Å². The molecule has 2 rings (SSSR count). The molecule has 0 saturated carbocycles. The van der Waals surface area contributed by atoms with E-state index in [0.29, 0.717) is 11.0 Å². The fraction of sp³-hybridized carbons (Fsp3) is 0.0769. The Kier molecular flexibility index (Phi) is 4.92. The molecule has 0 aliphatic rings. The van der Waals surface area contributed by atoms with E-state index < -0.39 is 4.92 Å². The van der Waals surface area contributed by atoms with Crippen molar-refractivity contribution in [2.75, 3.05) is 5.32 Å². The summed E-state index contributed by atoms with van der Waals surface area (Å²) in [5.41, 5.74) is 1.59. The van der Waals surface area contributed by atoms with Gasteiger partial charge in [-0.3, -0.25) is 10.1 Å². The van der Waals surface area contributed by atoms with Gasteiger partial charge in [0, 0.05) is 32.4 Å². The zero-order valence-corrected chi connectivity index (χ0v) is 13.8. The van der Waals surface area contributed by atoms with Crippen LogP contribution in [0, 0.1) is 19.5 Å². The van der Waals surface area contributed by atoms with Crippen LogP contribution in [0.3, 0.4) is 0 Å². The van der Waals surface area contributed by atoms with Gasteiger partial charge in [0.25, 0.3) is 5.69 Å². The van der Waals surface area contributed by atoms with E-state index in [2.05, 4.69) is 21.2 Å². The zero-order valence-electron chi connectivity index (χ0n) is 10.1. The van der Waals surface area contributed by atoms with Crippen LogP contribution in [0.1, 0.15) is 5.56 Å². The fourth-order valence-electron chi connectivity index (χ4n) is 1.67. The molecule has 104 valence electrons. The molecule has 0 saturated heterocycles. The van der Waals surface area contributed by atoms with Gasteiger partial charge in [0.1, 0.15) is 5.82 Å². The Bertz CT molecular complexity index is 667. The molecule has 0 fully saturated rings. The second-order valence-corrected chi connectivity index (χ2v) is 6.13. The van der Waals surface area contributed by atoms with Crippen molar-refractivity contribution in [3.8, 4) is 0 Å². The van der Waals surface area contributed by atoms with E-state index in [1.165, 1.54) is 24.3 Å². The van der Waals surface area contributed by atoms with Gasteiger partial charge >= 0.3 is 0 Å². The molecule has 0 atom stereocenters. The highest BCUT2D eigenvalue weighted by atomic mass is 127. The number of nitro benzene ring substituents is 1. The zero-order chi connectivity index (χ0) is 14.7. The molecular weight excluding hydrogens is 442 g/mol. The van der Waals surface area contributed by atoms with Gasteiger partial charge < -0.3 is 5.32 Å². The summed E-state index contributed by atoms with van der Waals surface area (Å²) < 4.78 is 14.4. The molecule has 0 amide bonds. The molecule has 0 unspecified atom stereocenters. The van der Waals surface area contributed by atoms with Crippen LogP contribution < -0.4 is 5.32 Å². The SMILES string of the molecule is O=[N+]([O-])c1cc(Br)cc(CNc2ccc(F)cc2I)c1. The number of hydrogen-bond acceptors (Lipinski definition) is 3. The normalized spacial score (nSPS) is 10.3. The van der Waals surface area contributed by atoms with Crippen LogP contribution in [-0.4, -0.2) is 4.92 Å². The van der Waals surface area contributed by atoms with Crippen molar-refractivity contribution in [1.82, 2.24) is 0 Å². The molecule has 0 radical (unpaired) electrons. The van der Waals surface area contributed by atoms with Gasteiger partial charge in [-0.2, -0.15) is 0 Å². The van der Waals surface area contributed by atoms with Crippen LogP contribution in [0.2, 0.25) is 0 Å². The minimum Gasteiger partial charge on any atom is -0.380 e. The van der Waals surface area contributed by atoms with Gasteiger partial charge in [-0.05, 0) is 52.4 Å². The molecule has 0 aliphatic heterocycles. The molecule has 1 N–H and O–H groups in total. The van der Waals surface area contributed by atoms with Crippen molar-refractivity contribution in [2.45, 2.75) is 6.54 Å². The van der Waals surface area contributed by atoms with Gasteiger partial charge in [-0.1, -0.05) is 15.9 Å². The number of anilines is 1. The molecule has 2 aromatic rings. The van der Waals surface area contributed by atoms with Gasteiger partial charge in [-0.25, -0.2) is 4.39 Å². The lowest BCUT2D eigenvalue weighted by atomic mass is 10.2. The van der Waals surface area contributed by atoms with E-state index in [4.69, 9.17) is 0 Å². The van der Waals surface area contributed by atoms with Crippen molar-refractivity contribution in [1.29, 1.82) is 0 Å². The van der Waals surface area contributed by atoms with E-state index in [-0.39, 0.29) is 11.5 Å². The summed E-state index contributed by atoms with van der Waals surface area (Å²) in [7, 11) is 0. The van der Waals surface area contributed by atoms with Crippen LogP contribution in [0.4, 0.5) is 15.8 Å². The van der Waals surface area contributed by atoms with E-state index >= 15 is 0 Å². The molecule has 0 bridgehead atoms. The van der Waals surface area contributed by atoms with Gasteiger partial charge in [0.2, 0.25) is 0 Å². The Morgan fingerprint density at radius 1 is 1.30 bits per heavy atom. The predicted molar refractivity (Wildman–Crippen MR) is 87.2 cm³/mol. The van der Waals surface area contributed by atoms with Crippen LogP contribution >= 0.6 is 38.5 Å². The van der Waals surface area contributed by atoms with E-state index in [0.717, 1.165) is 14.8 Å². The Balaban J connectivity index is 2.16. The summed E-state index contributed by atoms with van der Waals surface area (Å²) >= 11 is 5.28. The number of nitrogens with zero attached hydrogens (tertiary/aromatic N) is 1. The van der Waals surface area contributed by atoms with Crippen molar-refractivity contribution in [2.24, 2.45) is 0 Å². The quantitative estimate of drug-likeness (QED) is 0.417. The van der Waals surface area contributed by atoms with E-state index in [1.807, 2.05) is 22.6 Å². The third kappa shape index (κ3) is 3.89. The number of hydrogen-bond donors (Lipinski definition) is 1. The molecule has 0 spiro atoms. The lowest BCUT2D eigenvalue weighted by Crippen LogP contribution is -2.02. The summed E-state index contributed by atoms with van der Waals surface area (Å²) in [5, 5.41) is 13.9.